The number of carbonyl (C=O) groups is 1. The van der Waals surface area contributed by atoms with E-state index in [1.165, 1.54) is 0 Å². The molecule has 0 N–H and O–H groups in total. The zero-order chi connectivity index (χ0) is 14.3. The first-order valence-electron chi connectivity index (χ1n) is 5.91. The van der Waals surface area contributed by atoms with Crippen LogP contribution in [0.1, 0.15) is 12.5 Å². The second-order valence-electron chi connectivity index (χ2n) is 3.85. The Labute approximate surface area is 123 Å². The predicted octanol–water partition coefficient (Wildman–Crippen LogP) is 3.41. The highest BCUT2D eigenvalue weighted by molar-refractivity contribution is 6.30. The summed E-state index contributed by atoms with van der Waals surface area (Å²) >= 11 is 11.5. The lowest BCUT2D eigenvalue weighted by molar-refractivity contribution is -0.125. The molecule has 1 aromatic rings. The van der Waals surface area contributed by atoms with Crippen molar-refractivity contribution in [2.24, 2.45) is 0 Å². The number of allylic oxidation sites excluding steroid dienone is 1. The molecule has 0 saturated carbocycles. The standard InChI is InChI=1S/C14H17Cl2NO2/c1-3-13(11-4-6-12(16)7-5-11)17(8-9-19-2)14(18)10-15/h3-7H,8-10H2,1-2H3. The molecule has 0 aliphatic heterocycles. The minimum Gasteiger partial charge on any atom is -0.383 e. The summed E-state index contributed by atoms with van der Waals surface area (Å²) < 4.78 is 5.03. The van der Waals surface area contributed by atoms with E-state index < -0.39 is 0 Å². The van der Waals surface area contributed by atoms with Crippen LogP contribution in [0.2, 0.25) is 5.02 Å². The number of benzene rings is 1. The first kappa shape index (κ1) is 16.0. The Hall–Kier alpha value is -1.03. The van der Waals surface area contributed by atoms with E-state index in [4.69, 9.17) is 27.9 Å². The number of ether oxygens (including phenoxy) is 1. The zero-order valence-corrected chi connectivity index (χ0v) is 12.5. The molecule has 0 spiro atoms. The lowest BCUT2D eigenvalue weighted by Gasteiger charge is -2.25. The van der Waals surface area contributed by atoms with Crippen molar-refractivity contribution in [2.45, 2.75) is 6.92 Å². The van der Waals surface area contributed by atoms with Crippen LogP contribution < -0.4 is 0 Å². The van der Waals surface area contributed by atoms with Gasteiger partial charge in [0.15, 0.2) is 0 Å². The van der Waals surface area contributed by atoms with Gasteiger partial charge in [0.1, 0.15) is 5.88 Å². The van der Waals surface area contributed by atoms with Gasteiger partial charge in [-0.2, -0.15) is 0 Å². The molecule has 1 aromatic carbocycles. The van der Waals surface area contributed by atoms with Crippen LogP contribution >= 0.6 is 23.2 Å². The average Bonchev–Trinajstić information content (AvgIpc) is 2.44. The number of carbonyl (C=O) groups excluding carboxylic acids is 1. The number of nitrogens with zero attached hydrogens (tertiary/aromatic N) is 1. The molecule has 0 bridgehead atoms. The van der Waals surface area contributed by atoms with Gasteiger partial charge < -0.3 is 9.64 Å². The maximum atomic E-state index is 11.9. The molecular formula is C14H17Cl2NO2. The van der Waals surface area contributed by atoms with E-state index in [0.29, 0.717) is 18.2 Å². The lowest BCUT2D eigenvalue weighted by Crippen LogP contribution is -2.33. The van der Waals surface area contributed by atoms with E-state index in [0.717, 1.165) is 11.3 Å². The van der Waals surface area contributed by atoms with Crippen molar-refractivity contribution in [2.75, 3.05) is 26.1 Å². The molecule has 0 aromatic heterocycles. The maximum absolute atomic E-state index is 11.9. The van der Waals surface area contributed by atoms with Crippen molar-refractivity contribution in [3.63, 3.8) is 0 Å². The molecule has 3 nitrogen and oxygen atoms in total. The summed E-state index contributed by atoms with van der Waals surface area (Å²) in [5.41, 5.74) is 1.72. The third kappa shape index (κ3) is 4.53. The van der Waals surface area contributed by atoms with Crippen molar-refractivity contribution in [3.8, 4) is 0 Å². The number of alkyl halides is 1. The van der Waals surface area contributed by atoms with Crippen LogP contribution in [0.3, 0.4) is 0 Å². The molecule has 0 aliphatic rings. The second kappa shape index (κ2) is 8.20. The highest BCUT2D eigenvalue weighted by Gasteiger charge is 2.17. The van der Waals surface area contributed by atoms with E-state index in [9.17, 15) is 4.79 Å². The number of hydrogen-bond acceptors (Lipinski definition) is 2. The van der Waals surface area contributed by atoms with Crippen LogP contribution in [-0.2, 0) is 9.53 Å². The average molecular weight is 302 g/mol. The number of methoxy groups -OCH3 is 1. The molecular weight excluding hydrogens is 285 g/mol. The van der Waals surface area contributed by atoms with Gasteiger partial charge in [-0.3, -0.25) is 4.79 Å². The molecule has 0 radical (unpaired) electrons. The Kier molecular flexibility index (Phi) is 6.92. The molecule has 0 saturated heterocycles. The van der Waals surface area contributed by atoms with Crippen molar-refractivity contribution in [1.82, 2.24) is 4.90 Å². The van der Waals surface area contributed by atoms with Crippen LogP contribution in [0.5, 0.6) is 0 Å². The summed E-state index contributed by atoms with van der Waals surface area (Å²) in [5.74, 6) is -0.212. The predicted molar refractivity (Wildman–Crippen MR) is 79.4 cm³/mol. The van der Waals surface area contributed by atoms with Gasteiger partial charge in [0.05, 0.1) is 6.61 Å². The van der Waals surface area contributed by atoms with Gasteiger partial charge in [-0.25, -0.2) is 0 Å². The van der Waals surface area contributed by atoms with Gasteiger partial charge in [0, 0.05) is 24.4 Å². The summed E-state index contributed by atoms with van der Waals surface area (Å²) in [6.45, 7) is 2.79. The van der Waals surface area contributed by atoms with Crippen LogP contribution in [-0.4, -0.2) is 36.9 Å². The number of halogens is 2. The summed E-state index contributed by atoms with van der Waals surface area (Å²) in [6, 6.07) is 7.33. The summed E-state index contributed by atoms with van der Waals surface area (Å²) in [7, 11) is 1.60. The van der Waals surface area contributed by atoms with Crippen LogP contribution in [0.25, 0.3) is 5.70 Å². The molecule has 1 amide bonds. The quantitative estimate of drug-likeness (QED) is 0.754. The smallest absolute Gasteiger partial charge is 0.241 e. The van der Waals surface area contributed by atoms with Crippen LogP contribution in [0.4, 0.5) is 0 Å². The van der Waals surface area contributed by atoms with E-state index in [1.54, 1.807) is 24.1 Å². The Morgan fingerprint density at radius 2 is 2.00 bits per heavy atom. The maximum Gasteiger partial charge on any atom is 0.241 e. The molecule has 0 atom stereocenters. The molecule has 0 aliphatic carbocycles. The zero-order valence-electron chi connectivity index (χ0n) is 11.0. The molecule has 19 heavy (non-hydrogen) atoms. The number of hydrogen-bond donors (Lipinski definition) is 0. The van der Waals surface area contributed by atoms with Crippen molar-refractivity contribution >= 4 is 34.8 Å². The number of rotatable bonds is 6. The van der Waals surface area contributed by atoms with Gasteiger partial charge in [-0.15, -0.1) is 11.6 Å². The van der Waals surface area contributed by atoms with Gasteiger partial charge >= 0.3 is 0 Å². The Balaban J connectivity index is 3.02. The van der Waals surface area contributed by atoms with Crippen LogP contribution in [0.15, 0.2) is 30.3 Å². The van der Waals surface area contributed by atoms with E-state index in [-0.39, 0.29) is 11.8 Å². The van der Waals surface area contributed by atoms with Gasteiger partial charge in [0.25, 0.3) is 0 Å². The normalized spacial score (nSPS) is 11.5. The number of amides is 1. The molecule has 5 heteroatoms. The fraction of sp³-hybridized carbons (Fsp3) is 0.357. The monoisotopic (exact) mass is 301 g/mol. The topological polar surface area (TPSA) is 29.5 Å². The minimum absolute atomic E-state index is 0.0609. The van der Waals surface area contributed by atoms with Crippen LogP contribution in [0, 0.1) is 0 Å². The third-order valence-corrected chi connectivity index (χ3v) is 3.12. The fourth-order valence-corrected chi connectivity index (χ4v) is 2.00. The highest BCUT2D eigenvalue weighted by atomic mass is 35.5. The van der Waals surface area contributed by atoms with Crippen molar-refractivity contribution in [1.29, 1.82) is 0 Å². The first-order chi connectivity index (χ1) is 9.13. The summed E-state index contributed by atoms with van der Waals surface area (Å²) in [5, 5.41) is 0.659. The first-order valence-corrected chi connectivity index (χ1v) is 6.82. The Morgan fingerprint density at radius 3 is 2.47 bits per heavy atom. The fourth-order valence-electron chi connectivity index (χ4n) is 1.73. The van der Waals surface area contributed by atoms with Gasteiger partial charge in [-0.1, -0.05) is 29.8 Å². The van der Waals surface area contributed by atoms with Gasteiger partial charge in [0.2, 0.25) is 5.91 Å². The molecule has 0 heterocycles. The second-order valence-corrected chi connectivity index (χ2v) is 4.56. The Bertz CT molecular complexity index is 443. The minimum atomic E-state index is -0.151. The van der Waals surface area contributed by atoms with E-state index in [1.807, 2.05) is 25.1 Å². The van der Waals surface area contributed by atoms with E-state index in [2.05, 4.69) is 0 Å². The SMILES string of the molecule is CC=C(c1ccc(Cl)cc1)N(CCOC)C(=O)CCl. The highest BCUT2D eigenvalue weighted by Crippen LogP contribution is 2.21. The molecule has 104 valence electrons. The molecule has 0 unspecified atom stereocenters. The van der Waals surface area contributed by atoms with E-state index >= 15 is 0 Å². The van der Waals surface area contributed by atoms with Gasteiger partial charge in [-0.05, 0) is 24.6 Å². The van der Waals surface area contributed by atoms with Crippen molar-refractivity contribution in [3.05, 3.63) is 40.9 Å². The summed E-state index contributed by atoms with van der Waals surface area (Å²) in [4.78, 5) is 13.6. The Morgan fingerprint density at radius 1 is 1.37 bits per heavy atom. The summed E-state index contributed by atoms with van der Waals surface area (Å²) in [6.07, 6.45) is 1.88. The largest absolute Gasteiger partial charge is 0.383 e. The third-order valence-electron chi connectivity index (χ3n) is 2.64. The molecule has 0 fully saturated rings. The van der Waals surface area contributed by atoms with Crippen molar-refractivity contribution < 1.29 is 9.53 Å². The lowest BCUT2D eigenvalue weighted by atomic mass is 10.1. The molecule has 1 rings (SSSR count).